The number of benzene rings is 2. The second kappa shape index (κ2) is 9.90. The van der Waals surface area contributed by atoms with Crippen molar-refractivity contribution in [3.05, 3.63) is 93.9 Å². The van der Waals surface area contributed by atoms with E-state index in [4.69, 9.17) is 16.6 Å². The van der Waals surface area contributed by atoms with Crippen LogP contribution in [-0.2, 0) is 12.8 Å². The monoisotopic (exact) mass is 487 g/mol. The number of nitrogens with one attached hydrogen (secondary N) is 3. The second-order valence-corrected chi connectivity index (χ2v) is 9.15. The molecule has 1 atom stereocenters. The van der Waals surface area contributed by atoms with Crippen LogP contribution in [0.1, 0.15) is 45.2 Å². The van der Waals surface area contributed by atoms with E-state index in [2.05, 4.69) is 38.8 Å². The van der Waals surface area contributed by atoms with Crippen molar-refractivity contribution in [2.45, 2.75) is 32.2 Å². The fraction of sp³-hybridized carbons (Fsp3) is 0.222. The first-order chi connectivity index (χ1) is 17.0. The van der Waals surface area contributed by atoms with Crippen LogP contribution in [-0.4, -0.2) is 32.6 Å². The number of rotatable bonds is 7. The van der Waals surface area contributed by atoms with Gasteiger partial charge in [0.25, 0.3) is 5.91 Å². The van der Waals surface area contributed by atoms with Gasteiger partial charge in [0.1, 0.15) is 5.69 Å². The van der Waals surface area contributed by atoms with Gasteiger partial charge in [0, 0.05) is 28.7 Å². The molecule has 7 nitrogen and oxygen atoms in total. The van der Waals surface area contributed by atoms with E-state index in [-0.39, 0.29) is 12.5 Å². The Kier molecular flexibility index (Phi) is 6.53. The van der Waals surface area contributed by atoms with Crippen LogP contribution < -0.4 is 10.6 Å². The van der Waals surface area contributed by atoms with Gasteiger partial charge in [0.05, 0.1) is 18.3 Å². The lowest BCUT2D eigenvalue weighted by atomic mass is 10.1. The molecule has 4 N–H and O–H groups in total. The summed E-state index contributed by atoms with van der Waals surface area (Å²) in [5.41, 5.74) is 7.26. The fourth-order valence-electron chi connectivity index (χ4n) is 4.51. The van der Waals surface area contributed by atoms with Gasteiger partial charge in [-0.3, -0.25) is 4.79 Å². The van der Waals surface area contributed by atoms with Gasteiger partial charge < -0.3 is 20.7 Å². The lowest BCUT2D eigenvalue weighted by molar-refractivity contribution is 0.0911. The number of aromatic amines is 1. The molecule has 1 aliphatic rings. The molecule has 0 bridgehead atoms. The highest BCUT2D eigenvalue weighted by atomic mass is 35.5. The molecule has 35 heavy (non-hydrogen) atoms. The number of hydrogen-bond donors (Lipinski definition) is 4. The highest BCUT2D eigenvalue weighted by Gasteiger charge is 2.19. The van der Waals surface area contributed by atoms with Crippen molar-refractivity contribution in [1.29, 1.82) is 0 Å². The number of fused-ring (bicyclic) bond motifs is 1. The van der Waals surface area contributed by atoms with Crippen LogP contribution in [0.15, 0.2) is 60.9 Å². The van der Waals surface area contributed by atoms with E-state index in [1.165, 1.54) is 11.1 Å². The maximum absolute atomic E-state index is 12.9. The number of H-pyrrole nitrogens is 1. The number of nitrogens with zero attached hydrogens (tertiary/aromatic N) is 2. The summed E-state index contributed by atoms with van der Waals surface area (Å²) in [6, 6.07) is 14.5. The zero-order valence-corrected chi connectivity index (χ0v) is 20.1. The molecule has 0 aliphatic heterocycles. The van der Waals surface area contributed by atoms with Crippen molar-refractivity contribution in [2.24, 2.45) is 0 Å². The molecule has 1 aliphatic carbocycles. The van der Waals surface area contributed by atoms with E-state index < -0.39 is 6.04 Å². The van der Waals surface area contributed by atoms with E-state index in [0.717, 1.165) is 47.3 Å². The minimum Gasteiger partial charge on any atom is -0.394 e. The number of carbonyl (C=O) groups excluding carboxylic acids is 1. The van der Waals surface area contributed by atoms with Gasteiger partial charge in [0.15, 0.2) is 0 Å². The van der Waals surface area contributed by atoms with Gasteiger partial charge in [-0.2, -0.15) is 0 Å². The Bertz CT molecular complexity index is 1380. The maximum atomic E-state index is 12.9. The van der Waals surface area contributed by atoms with E-state index in [1.54, 1.807) is 36.7 Å². The number of halogens is 1. The highest BCUT2D eigenvalue weighted by Crippen LogP contribution is 2.31. The molecule has 0 spiro atoms. The third-order valence-electron chi connectivity index (χ3n) is 6.30. The number of aryl methyl sites for hydroxylation is 2. The van der Waals surface area contributed by atoms with Crippen molar-refractivity contribution in [2.75, 3.05) is 11.9 Å². The molecule has 0 radical (unpaired) electrons. The van der Waals surface area contributed by atoms with Gasteiger partial charge in [-0.15, -0.1) is 0 Å². The number of aliphatic hydroxyl groups is 1. The van der Waals surface area contributed by atoms with Crippen LogP contribution in [0.4, 0.5) is 11.6 Å². The topological polar surface area (TPSA) is 103 Å². The molecule has 8 heteroatoms. The first kappa shape index (κ1) is 23.1. The molecule has 0 fully saturated rings. The minimum atomic E-state index is -0.572. The van der Waals surface area contributed by atoms with Crippen LogP contribution in [0.25, 0.3) is 11.3 Å². The Morgan fingerprint density at radius 3 is 2.89 bits per heavy atom. The number of carbonyl (C=O) groups is 1. The smallest absolute Gasteiger partial charge is 0.268 e. The zero-order valence-electron chi connectivity index (χ0n) is 19.3. The summed E-state index contributed by atoms with van der Waals surface area (Å²) in [6.45, 7) is 1.69. The molecule has 4 aromatic rings. The van der Waals surface area contributed by atoms with Crippen LogP contribution in [0, 0.1) is 6.92 Å². The number of amides is 1. The van der Waals surface area contributed by atoms with E-state index >= 15 is 0 Å². The lowest BCUT2D eigenvalue weighted by Crippen LogP contribution is -2.31. The first-order valence-corrected chi connectivity index (χ1v) is 12.0. The van der Waals surface area contributed by atoms with Gasteiger partial charge in [-0.05, 0) is 72.7 Å². The summed E-state index contributed by atoms with van der Waals surface area (Å²) in [7, 11) is 0. The standard InChI is InChI=1S/C27H26ClN5O2/c1-16-13-30-27(32-22-10-4-6-17-5-3-9-21(17)22)33-25(16)19-12-23(29-14-19)26(35)31-24(15-34)18-7-2-8-20(28)11-18/h2,4,6-8,10-14,24,29,34H,3,5,9,15H2,1H3,(H,31,35)(H,30,32,33)/t24-/m1/s1. The third-order valence-corrected chi connectivity index (χ3v) is 6.54. The molecule has 0 unspecified atom stereocenters. The lowest BCUT2D eigenvalue weighted by Gasteiger charge is -2.16. The normalized spacial score (nSPS) is 13.3. The molecule has 2 aromatic heterocycles. The molecule has 1 amide bonds. The van der Waals surface area contributed by atoms with Gasteiger partial charge in [-0.25, -0.2) is 9.97 Å². The highest BCUT2D eigenvalue weighted by molar-refractivity contribution is 6.30. The summed E-state index contributed by atoms with van der Waals surface area (Å²) < 4.78 is 0. The summed E-state index contributed by atoms with van der Waals surface area (Å²) >= 11 is 6.06. The summed E-state index contributed by atoms with van der Waals surface area (Å²) in [6.07, 6.45) is 6.85. The predicted octanol–water partition coefficient (Wildman–Crippen LogP) is 5.13. The number of hydrogen-bond acceptors (Lipinski definition) is 5. The Morgan fingerprint density at radius 2 is 2.06 bits per heavy atom. The van der Waals surface area contributed by atoms with Crippen molar-refractivity contribution in [3.63, 3.8) is 0 Å². The summed E-state index contributed by atoms with van der Waals surface area (Å²) in [4.78, 5) is 25.1. The van der Waals surface area contributed by atoms with Gasteiger partial charge in [0.2, 0.25) is 5.95 Å². The Labute approximate surface area is 208 Å². The zero-order chi connectivity index (χ0) is 24.4. The van der Waals surface area contributed by atoms with Gasteiger partial charge >= 0.3 is 0 Å². The maximum Gasteiger partial charge on any atom is 0.268 e. The predicted molar refractivity (Wildman–Crippen MR) is 137 cm³/mol. The molecular weight excluding hydrogens is 462 g/mol. The third kappa shape index (κ3) is 4.92. The van der Waals surface area contributed by atoms with Gasteiger partial charge in [-0.1, -0.05) is 35.9 Å². The largest absolute Gasteiger partial charge is 0.394 e. The second-order valence-electron chi connectivity index (χ2n) is 8.71. The number of aliphatic hydroxyl groups excluding tert-OH is 1. The van der Waals surface area contributed by atoms with Crippen molar-refractivity contribution in [3.8, 4) is 11.3 Å². The Balaban J connectivity index is 1.35. The SMILES string of the molecule is Cc1cnc(Nc2cccc3c2CCC3)nc1-c1c[nH]c(C(=O)N[C@H](CO)c2cccc(Cl)c2)c1. The average Bonchev–Trinajstić information content (AvgIpc) is 3.54. The van der Waals surface area contributed by atoms with E-state index in [1.807, 2.05) is 13.0 Å². The summed E-state index contributed by atoms with van der Waals surface area (Å²) in [5.74, 6) is 0.180. The summed E-state index contributed by atoms with van der Waals surface area (Å²) in [5, 5.41) is 16.6. The minimum absolute atomic E-state index is 0.247. The Morgan fingerprint density at radius 1 is 1.20 bits per heavy atom. The molecule has 0 saturated heterocycles. The molecule has 0 saturated carbocycles. The quantitative estimate of drug-likeness (QED) is 0.289. The molecule has 178 valence electrons. The average molecular weight is 488 g/mol. The first-order valence-electron chi connectivity index (χ1n) is 11.6. The molecule has 2 aromatic carbocycles. The van der Waals surface area contributed by atoms with Crippen LogP contribution >= 0.6 is 11.6 Å². The number of aromatic nitrogens is 3. The molecular formula is C27H26ClN5O2. The van der Waals surface area contributed by atoms with Crippen LogP contribution in [0.3, 0.4) is 0 Å². The molecule has 5 rings (SSSR count). The van der Waals surface area contributed by atoms with E-state index in [9.17, 15) is 9.90 Å². The van der Waals surface area contributed by atoms with Crippen molar-refractivity contribution >= 4 is 29.1 Å². The van der Waals surface area contributed by atoms with E-state index in [0.29, 0.717) is 16.7 Å². The Hall–Kier alpha value is -3.68. The van der Waals surface area contributed by atoms with Crippen LogP contribution in [0.5, 0.6) is 0 Å². The number of anilines is 2. The fourth-order valence-corrected chi connectivity index (χ4v) is 4.71. The van der Waals surface area contributed by atoms with Crippen molar-refractivity contribution < 1.29 is 9.90 Å². The van der Waals surface area contributed by atoms with Crippen LogP contribution in [0.2, 0.25) is 5.02 Å². The molecule has 2 heterocycles. The van der Waals surface area contributed by atoms with Crippen molar-refractivity contribution in [1.82, 2.24) is 20.3 Å².